The molecule has 0 radical (unpaired) electrons. The molecule has 1 aromatic carbocycles. The van der Waals surface area contributed by atoms with E-state index in [-0.39, 0.29) is 16.1 Å². The Morgan fingerprint density at radius 1 is 1.52 bits per heavy atom. The third-order valence-corrected chi connectivity index (χ3v) is 4.68. The molecule has 2 rings (SSSR count). The van der Waals surface area contributed by atoms with Crippen molar-refractivity contribution in [2.45, 2.75) is 17.4 Å². The maximum atomic E-state index is 14.3. The fourth-order valence-corrected chi connectivity index (χ4v) is 3.37. The minimum Gasteiger partial charge on any atom is -0.379 e. The number of carbonyl (C=O) groups excluding carboxylic acids is 1. The lowest BCUT2D eigenvalue weighted by Gasteiger charge is -2.23. The summed E-state index contributed by atoms with van der Waals surface area (Å²) in [6.07, 6.45) is 0.653. The second-order valence-electron chi connectivity index (χ2n) is 4.74. The molecule has 2 N–H and O–H groups in total. The Hall–Kier alpha value is -1.03. The first-order valence-corrected chi connectivity index (χ1v) is 8.42. The third-order valence-electron chi connectivity index (χ3n) is 3.31. The van der Waals surface area contributed by atoms with Gasteiger partial charge in [-0.05, 0) is 18.6 Å². The number of hydrogen-bond acceptors (Lipinski definition) is 4. The quantitative estimate of drug-likeness (QED) is 0.849. The van der Waals surface area contributed by atoms with Crippen molar-refractivity contribution in [2.75, 3.05) is 20.3 Å². The van der Waals surface area contributed by atoms with E-state index in [1.807, 2.05) is 0 Å². The molecule has 116 valence electrons. The predicted octanol–water partition coefficient (Wildman–Crippen LogP) is 1.10. The van der Waals surface area contributed by atoms with Crippen molar-refractivity contribution in [3.63, 3.8) is 0 Å². The lowest BCUT2D eigenvalue weighted by atomic mass is 10.1. The van der Waals surface area contributed by atoms with E-state index in [4.69, 9.17) is 9.88 Å². The molecule has 0 spiro atoms. The number of rotatable bonds is 3. The Morgan fingerprint density at radius 3 is 2.71 bits per heavy atom. The zero-order valence-electron chi connectivity index (χ0n) is 11.2. The highest BCUT2D eigenvalue weighted by Gasteiger charge is 2.29. The van der Waals surface area contributed by atoms with Crippen LogP contribution in [0.1, 0.15) is 16.8 Å². The van der Waals surface area contributed by atoms with Gasteiger partial charge in [0.2, 0.25) is 10.0 Å². The summed E-state index contributed by atoms with van der Waals surface area (Å²) in [5.74, 6) is -1.76. The first kappa shape index (κ1) is 16.3. The van der Waals surface area contributed by atoms with Crippen LogP contribution in [0.15, 0.2) is 21.5 Å². The van der Waals surface area contributed by atoms with E-state index in [1.165, 1.54) is 18.0 Å². The van der Waals surface area contributed by atoms with Gasteiger partial charge in [0, 0.05) is 18.1 Å². The van der Waals surface area contributed by atoms with Gasteiger partial charge in [-0.1, -0.05) is 15.9 Å². The summed E-state index contributed by atoms with van der Waals surface area (Å²) < 4.78 is 42.5. The van der Waals surface area contributed by atoms with Gasteiger partial charge in [-0.3, -0.25) is 4.79 Å². The summed E-state index contributed by atoms with van der Waals surface area (Å²) in [4.78, 5) is 13.0. The Morgan fingerprint density at radius 2 is 2.19 bits per heavy atom. The number of ether oxygens (including phenoxy) is 1. The maximum Gasteiger partial charge on any atom is 0.256 e. The van der Waals surface area contributed by atoms with Gasteiger partial charge < -0.3 is 9.64 Å². The average Bonchev–Trinajstić information content (AvgIpc) is 2.92. The monoisotopic (exact) mass is 380 g/mol. The van der Waals surface area contributed by atoms with Gasteiger partial charge in [-0.15, -0.1) is 0 Å². The van der Waals surface area contributed by atoms with E-state index in [9.17, 15) is 17.6 Å². The molecule has 1 unspecified atom stereocenters. The van der Waals surface area contributed by atoms with E-state index in [2.05, 4.69) is 15.9 Å². The fourth-order valence-electron chi connectivity index (χ4n) is 2.11. The van der Waals surface area contributed by atoms with E-state index in [0.717, 1.165) is 6.07 Å². The molecule has 1 aliphatic heterocycles. The number of sulfonamides is 1. The van der Waals surface area contributed by atoms with Crippen molar-refractivity contribution >= 4 is 31.9 Å². The maximum absolute atomic E-state index is 14.3. The molecule has 0 aliphatic carbocycles. The number of nitrogens with zero attached hydrogens (tertiary/aromatic N) is 1. The number of halogens is 2. The average molecular weight is 381 g/mol. The SMILES string of the molecule is CN(C(=O)c1cc(Br)cc(S(N)(=O)=O)c1F)C1CCOC1. The number of carbonyl (C=O) groups is 1. The molecule has 1 heterocycles. The van der Waals surface area contributed by atoms with E-state index in [1.54, 1.807) is 0 Å². The lowest BCUT2D eigenvalue weighted by Crippen LogP contribution is -2.38. The predicted molar refractivity (Wildman–Crippen MR) is 76.8 cm³/mol. The lowest BCUT2D eigenvalue weighted by molar-refractivity contribution is 0.0706. The first-order valence-electron chi connectivity index (χ1n) is 6.08. The molecular formula is C12H14BrFN2O4S. The van der Waals surface area contributed by atoms with Crippen LogP contribution >= 0.6 is 15.9 Å². The van der Waals surface area contributed by atoms with Gasteiger partial charge >= 0.3 is 0 Å². The van der Waals surface area contributed by atoms with Crippen LogP contribution in [0.3, 0.4) is 0 Å². The van der Waals surface area contributed by atoms with Crippen molar-refractivity contribution in [3.8, 4) is 0 Å². The molecule has 6 nitrogen and oxygen atoms in total. The second kappa shape index (κ2) is 5.99. The molecule has 0 saturated carbocycles. The molecular weight excluding hydrogens is 367 g/mol. The smallest absolute Gasteiger partial charge is 0.256 e. The van der Waals surface area contributed by atoms with Crippen LogP contribution in [-0.4, -0.2) is 45.5 Å². The van der Waals surface area contributed by atoms with Crippen molar-refractivity contribution in [2.24, 2.45) is 5.14 Å². The number of benzene rings is 1. The summed E-state index contributed by atoms with van der Waals surface area (Å²) in [7, 11) is -2.73. The molecule has 21 heavy (non-hydrogen) atoms. The highest BCUT2D eigenvalue weighted by Crippen LogP contribution is 2.25. The van der Waals surface area contributed by atoms with E-state index < -0.39 is 26.6 Å². The van der Waals surface area contributed by atoms with Gasteiger partial charge in [0.25, 0.3) is 5.91 Å². The topological polar surface area (TPSA) is 89.7 Å². The van der Waals surface area contributed by atoms with Crippen LogP contribution in [0.4, 0.5) is 4.39 Å². The third kappa shape index (κ3) is 3.42. The van der Waals surface area contributed by atoms with Crippen LogP contribution < -0.4 is 5.14 Å². The molecule has 0 aromatic heterocycles. The van der Waals surface area contributed by atoms with Gasteiger partial charge in [-0.25, -0.2) is 17.9 Å². The van der Waals surface area contributed by atoms with Crippen molar-refractivity contribution in [1.82, 2.24) is 4.90 Å². The normalized spacial score (nSPS) is 18.8. The zero-order chi connectivity index (χ0) is 15.8. The Bertz CT molecular complexity index is 674. The number of amides is 1. The molecule has 1 amide bonds. The number of hydrogen-bond donors (Lipinski definition) is 1. The molecule has 1 aromatic rings. The molecule has 9 heteroatoms. The Labute approximate surface area is 130 Å². The highest BCUT2D eigenvalue weighted by molar-refractivity contribution is 9.10. The van der Waals surface area contributed by atoms with Gasteiger partial charge in [0.05, 0.1) is 18.2 Å². The van der Waals surface area contributed by atoms with Gasteiger partial charge in [0.15, 0.2) is 5.82 Å². The van der Waals surface area contributed by atoms with Crippen LogP contribution in [-0.2, 0) is 14.8 Å². The standard InChI is InChI=1S/C12H14BrFN2O4S/c1-16(8-2-3-20-6-8)12(17)9-4-7(13)5-10(11(9)14)21(15,18)19/h4-5,8H,2-3,6H2,1H3,(H2,15,18,19). The fraction of sp³-hybridized carbons (Fsp3) is 0.417. The summed E-state index contributed by atoms with van der Waals surface area (Å²) >= 11 is 3.06. The minimum absolute atomic E-state index is 0.159. The summed E-state index contributed by atoms with van der Waals surface area (Å²) in [6.45, 7) is 0.908. The summed E-state index contributed by atoms with van der Waals surface area (Å²) in [5.41, 5.74) is -0.345. The largest absolute Gasteiger partial charge is 0.379 e. The number of likely N-dealkylation sites (N-methyl/N-ethyl adjacent to an activating group) is 1. The molecule has 1 saturated heterocycles. The zero-order valence-corrected chi connectivity index (χ0v) is 13.6. The number of primary sulfonamides is 1. The van der Waals surface area contributed by atoms with Crippen LogP contribution in [0.5, 0.6) is 0 Å². The van der Waals surface area contributed by atoms with Gasteiger partial charge in [-0.2, -0.15) is 0 Å². The molecule has 0 bridgehead atoms. The second-order valence-corrected chi connectivity index (χ2v) is 7.19. The minimum atomic E-state index is -4.26. The Balaban J connectivity index is 2.44. The highest BCUT2D eigenvalue weighted by atomic mass is 79.9. The van der Waals surface area contributed by atoms with Crippen LogP contribution in [0.25, 0.3) is 0 Å². The van der Waals surface area contributed by atoms with Crippen LogP contribution in [0, 0.1) is 5.82 Å². The summed E-state index contributed by atoms with van der Waals surface area (Å²) in [6, 6.07) is 2.10. The summed E-state index contributed by atoms with van der Waals surface area (Å²) in [5, 5.41) is 4.96. The molecule has 1 fully saturated rings. The van der Waals surface area contributed by atoms with E-state index >= 15 is 0 Å². The van der Waals surface area contributed by atoms with Crippen molar-refractivity contribution in [3.05, 3.63) is 28.0 Å². The first-order chi connectivity index (χ1) is 9.71. The van der Waals surface area contributed by atoms with Gasteiger partial charge in [0.1, 0.15) is 4.90 Å². The van der Waals surface area contributed by atoms with Crippen molar-refractivity contribution < 1.29 is 22.3 Å². The van der Waals surface area contributed by atoms with Crippen molar-refractivity contribution in [1.29, 1.82) is 0 Å². The Kier molecular flexibility index (Phi) is 4.66. The van der Waals surface area contributed by atoms with Crippen LogP contribution in [0.2, 0.25) is 0 Å². The molecule has 1 aliphatic rings. The molecule has 1 atom stereocenters. The number of nitrogens with two attached hydrogens (primary N) is 1. The van der Waals surface area contributed by atoms with E-state index in [0.29, 0.717) is 19.6 Å².